The maximum atomic E-state index is 10.4. The lowest BCUT2D eigenvalue weighted by atomic mass is 10.1. The summed E-state index contributed by atoms with van der Waals surface area (Å²) in [4.78, 5) is -0.178. The summed E-state index contributed by atoms with van der Waals surface area (Å²) in [6, 6.07) is 18.6. The predicted octanol–water partition coefficient (Wildman–Crippen LogP) is 5.44. The third-order valence-electron chi connectivity index (χ3n) is 5.48. The SMILES string of the molecule is COC(C)OC(C)OC(C)[n+]1c(C)sc2c3ccccc3ccc21.Cc1ccc(S(=O)(=O)[O-])cc1. The van der Waals surface area contributed by atoms with E-state index in [1.54, 1.807) is 30.6 Å². The second kappa shape index (κ2) is 11.6. The molecule has 0 radical (unpaired) electrons. The minimum atomic E-state index is -4.27. The van der Waals surface area contributed by atoms with Crippen molar-refractivity contribution in [2.45, 2.75) is 58.3 Å². The molecule has 35 heavy (non-hydrogen) atoms. The number of hydrogen-bond donors (Lipinski definition) is 0. The molecule has 3 unspecified atom stereocenters. The Balaban J connectivity index is 0.000000261. The smallest absolute Gasteiger partial charge is 0.263 e. The van der Waals surface area contributed by atoms with Crippen LogP contribution < -0.4 is 4.57 Å². The average molecular weight is 518 g/mol. The fraction of sp³-hybridized carbons (Fsp3) is 0.346. The molecule has 188 valence electrons. The molecular formula is C26H31NO6S2. The van der Waals surface area contributed by atoms with Gasteiger partial charge in [0.05, 0.1) is 4.90 Å². The summed E-state index contributed by atoms with van der Waals surface area (Å²) in [5.41, 5.74) is 2.12. The van der Waals surface area contributed by atoms with Crippen LogP contribution in [0.25, 0.3) is 21.0 Å². The van der Waals surface area contributed by atoms with E-state index < -0.39 is 10.1 Å². The standard InChI is InChI=1S/C19H24NO3S.C7H8O3S/c1-12(22-15(4)23-14(3)21-5)20-13(2)24-19-17-9-7-6-8-16(17)10-11-18(19)20;1-6-2-4-7(5-3-6)11(8,9)10/h6-12,14-15H,1-5H3;2-5H,1H3,(H,8,9,10)/q+1;/p-1. The normalized spacial score (nSPS) is 14.4. The summed E-state index contributed by atoms with van der Waals surface area (Å²) in [6.07, 6.45) is -0.766. The monoisotopic (exact) mass is 517 g/mol. The molecule has 0 saturated heterocycles. The van der Waals surface area contributed by atoms with Gasteiger partial charge in [-0.15, -0.1) is 0 Å². The van der Waals surface area contributed by atoms with Gasteiger partial charge in [0.2, 0.25) is 10.5 Å². The first kappa shape index (κ1) is 27.2. The molecule has 3 atom stereocenters. The number of rotatable bonds is 7. The van der Waals surface area contributed by atoms with E-state index in [9.17, 15) is 13.0 Å². The van der Waals surface area contributed by atoms with Crippen LogP contribution in [0.1, 0.15) is 37.6 Å². The first-order chi connectivity index (χ1) is 16.5. The zero-order valence-electron chi connectivity index (χ0n) is 20.7. The zero-order valence-corrected chi connectivity index (χ0v) is 22.4. The van der Waals surface area contributed by atoms with Crippen molar-refractivity contribution in [2.24, 2.45) is 0 Å². The molecule has 1 aromatic heterocycles. The van der Waals surface area contributed by atoms with Gasteiger partial charge in [-0.1, -0.05) is 53.3 Å². The van der Waals surface area contributed by atoms with Crippen LogP contribution in [0.5, 0.6) is 0 Å². The van der Waals surface area contributed by atoms with Gasteiger partial charge in [-0.25, -0.2) is 8.42 Å². The van der Waals surface area contributed by atoms with E-state index in [2.05, 4.69) is 47.9 Å². The number of aromatic nitrogens is 1. The molecule has 4 aromatic rings. The Labute approximate surface area is 210 Å². The molecule has 0 N–H and O–H groups in total. The summed E-state index contributed by atoms with van der Waals surface area (Å²) in [6.45, 7) is 9.75. The van der Waals surface area contributed by atoms with E-state index in [1.165, 1.54) is 38.1 Å². The van der Waals surface area contributed by atoms with Crippen LogP contribution >= 0.6 is 11.3 Å². The van der Waals surface area contributed by atoms with Gasteiger partial charge >= 0.3 is 0 Å². The molecule has 1 heterocycles. The van der Waals surface area contributed by atoms with Crippen LogP contribution in [0.4, 0.5) is 0 Å². The van der Waals surface area contributed by atoms with E-state index in [-0.39, 0.29) is 23.7 Å². The molecule has 0 aliphatic rings. The second-order valence-electron chi connectivity index (χ2n) is 8.14. The molecule has 4 rings (SSSR count). The van der Waals surface area contributed by atoms with E-state index in [0.29, 0.717) is 0 Å². The van der Waals surface area contributed by atoms with Gasteiger partial charge in [-0.2, -0.15) is 4.57 Å². The fourth-order valence-electron chi connectivity index (χ4n) is 3.75. The Morgan fingerprint density at radius 1 is 0.886 bits per heavy atom. The number of methoxy groups -OCH3 is 1. The third kappa shape index (κ3) is 6.84. The quantitative estimate of drug-likeness (QED) is 0.184. The highest BCUT2D eigenvalue weighted by atomic mass is 32.2. The summed E-state index contributed by atoms with van der Waals surface area (Å²) in [7, 11) is -2.65. The Morgan fingerprint density at radius 2 is 1.54 bits per heavy atom. The highest BCUT2D eigenvalue weighted by Crippen LogP contribution is 2.30. The van der Waals surface area contributed by atoms with Gasteiger partial charge in [0.25, 0.3) is 6.23 Å². The summed E-state index contributed by atoms with van der Waals surface area (Å²) >= 11 is 1.80. The molecule has 0 saturated carbocycles. The Morgan fingerprint density at radius 3 is 2.17 bits per heavy atom. The van der Waals surface area contributed by atoms with Gasteiger partial charge in [0, 0.05) is 32.4 Å². The van der Waals surface area contributed by atoms with Crippen molar-refractivity contribution in [2.75, 3.05) is 7.11 Å². The number of ether oxygens (including phenoxy) is 3. The molecule has 0 bridgehead atoms. The summed E-state index contributed by atoms with van der Waals surface area (Å²) < 4.78 is 51.5. The van der Waals surface area contributed by atoms with E-state index in [4.69, 9.17) is 14.2 Å². The number of thiazole rings is 1. The van der Waals surface area contributed by atoms with Gasteiger partial charge in [-0.05, 0) is 44.4 Å². The molecule has 0 aliphatic heterocycles. The van der Waals surface area contributed by atoms with Crippen molar-refractivity contribution in [1.29, 1.82) is 0 Å². The van der Waals surface area contributed by atoms with E-state index >= 15 is 0 Å². The lowest BCUT2D eigenvalue weighted by Crippen LogP contribution is -2.42. The van der Waals surface area contributed by atoms with Crippen LogP contribution in [-0.2, 0) is 24.3 Å². The molecule has 0 spiro atoms. The largest absolute Gasteiger partial charge is 0.744 e. The fourth-order valence-corrected chi connectivity index (χ4v) is 5.42. The Hall–Kier alpha value is -2.40. The van der Waals surface area contributed by atoms with Crippen LogP contribution in [0.2, 0.25) is 0 Å². The van der Waals surface area contributed by atoms with Crippen molar-refractivity contribution in [1.82, 2.24) is 0 Å². The molecule has 3 aromatic carbocycles. The first-order valence-electron chi connectivity index (χ1n) is 11.2. The van der Waals surface area contributed by atoms with Gasteiger partial charge in [-0.3, -0.25) is 4.74 Å². The van der Waals surface area contributed by atoms with Crippen molar-refractivity contribution in [3.05, 3.63) is 71.2 Å². The van der Waals surface area contributed by atoms with Gasteiger partial charge < -0.3 is 14.0 Å². The Bertz CT molecular complexity index is 1380. The van der Waals surface area contributed by atoms with Gasteiger partial charge in [0.1, 0.15) is 14.8 Å². The maximum absolute atomic E-state index is 10.4. The third-order valence-corrected chi connectivity index (χ3v) is 7.46. The average Bonchev–Trinajstić information content (AvgIpc) is 3.15. The first-order valence-corrected chi connectivity index (χ1v) is 13.4. The number of fused-ring (bicyclic) bond motifs is 3. The van der Waals surface area contributed by atoms with Crippen molar-refractivity contribution in [3.63, 3.8) is 0 Å². The second-order valence-corrected chi connectivity index (χ2v) is 10.7. The molecule has 9 heteroatoms. The van der Waals surface area contributed by atoms with E-state index in [0.717, 1.165) is 5.56 Å². The van der Waals surface area contributed by atoms with Crippen molar-refractivity contribution >= 4 is 42.4 Å². The zero-order chi connectivity index (χ0) is 25.8. The van der Waals surface area contributed by atoms with Crippen molar-refractivity contribution < 1.29 is 31.7 Å². The predicted molar refractivity (Wildman–Crippen MR) is 136 cm³/mol. The molecular weight excluding hydrogens is 486 g/mol. The summed E-state index contributed by atoms with van der Waals surface area (Å²) in [5.74, 6) is 0. The van der Waals surface area contributed by atoms with Crippen molar-refractivity contribution in [3.8, 4) is 0 Å². The minimum absolute atomic E-state index is 0.126. The number of hydrogen-bond acceptors (Lipinski definition) is 7. The molecule has 0 aliphatic carbocycles. The highest BCUT2D eigenvalue weighted by Gasteiger charge is 2.27. The van der Waals surface area contributed by atoms with Crippen LogP contribution in [-0.4, -0.2) is 32.7 Å². The van der Waals surface area contributed by atoms with Crippen LogP contribution in [0.3, 0.4) is 0 Å². The number of nitrogens with zero attached hydrogens (tertiary/aromatic N) is 1. The Kier molecular flexibility index (Phi) is 8.98. The highest BCUT2D eigenvalue weighted by molar-refractivity contribution is 7.85. The molecule has 7 nitrogen and oxygen atoms in total. The molecule has 0 amide bonds. The minimum Gasteiger partial charge on any atom is -0.744 e. The van der Waals surface area contributed by atoms with Gasteiger partial charge in [0.15, 0.2) is 12.6 Å². The summed E-state index contributed by atoms with van der Waals surface area (Å²) in [5, 5.41) is 3.75. The topological polar surface area (TPSA) is 88.8 Å². The van der Waals surface area contributed by atoms with E-state index in [1.807, 2.05) is 27.7 Å². The number of benzene rings is 3. The van der Waals surface area contributed by atoms with Crippen LogP contribution in [0, 0.1) is 13.8 Å². The lowest BCUT2D eigenvalue weighted by Gasteiger charge is -2.19. The molecule has 0 fully saturated rings. The number of aryl methyl sites for hydroxylation is 2. The van der Waals surface area contributed by atoms with Crippen LogP contribution in [0.15, 0.2) is 65.6 Å². The maximum Gasteiger partial charge on any atom is 0.263 e. The lowest BCUT2D eigenvalue weighted by molar-refractivity contribution is -0.743.